The fourth-order valence-electron chi connectivity index (χ4n) is 1.59. The maximum absolute atomic E-state index is 12.0. The summed E-state index contributed by atoms with van der Waals surface area (Å²) in [6.07, 6.45) is 1.52. The van der Waals surface area contributed by atoms with Gasteiger partial charge in [-0.1, -0.05) is 11.6 Å². The Morgan fingerprint density at radius 3 is 2.20 bits per heavy atom. The van der Waals surface area contributed by atoms with E-state index in [9.17, 15) is 9.59 Å². The molecule has 0 saturated carbocycles. The zero-order chi connectivity index (χ0) is 14.5. The van der Waals surface area contributed by atoms with E-state index in [0.717, 1.165) is 0 Å². The Labute approximate surface area is 121 Å². The summed E-state index contributed by atoms with van der Waals surface area (Å²) < 4.78 is 0. The molecule has 2 N–H and O–H groups in total. The lowest BCUT2D eigenvalue weighted by molar-refractivity contribution is -0.114. The van der Waals surface area contributed by atoms with E-state index in [0.29, 0.717) is 16.9 Å². The van der Waals surface area contributed by atoms with Crippen LogP contribution in [0.3, 0.4) is 0 Å². The lowest BCUT2D eigenvalue weighted by Crippen LogP contribution is -2.13. The first-order chi connectivity index (χ1) is 9.56. The number of carbonyl (C=O) groups is 2. The third-order valence-corrected chi connectivity index (χ3v) is 2.77. The van der Waals surface area contributed by atoms with Crippen molar-refractivity contribution in [2.45, 2.75) is 6.92 Å². The van der Waals surface area contributed by atoms with Crippen molar-refractivity contribution >= 4 is 34.8 Å². The van der Waals surface area contributed by atoms with Crippen molar-refractivity contribution in [2.75, 3.05) is 10.6 Å². The molecule has 0 bridgehead atoms. The zero-order valence-electron chi connectivity index (χ0n) is 10.7. The monoisotopic (exact) mass is 289 g/mol. The van der Waals surface area contributed by atoms with E-state index in [1.165, 1.54) is 13.1 Å². The van der Waals surface area contributed by atoms with Gasteiger partial charge in [0.1, 0.15) is 5.15 Å². The van der Waals surface area contributed by atoms with Crippen LogP contribution in [0, 0.1) is 0 Å². The molecule has 0 unspecified atom stereocenters. The predicted octanol–water partition coefficient (Wildman–Crippen LogP) is 2.95. The highest BCUT2D eigenvalue weighted by molar-refractivity contribution is 6.33. The van der Waals surface area contributed by atoms with Gasteiger partial charge in [-0.25, -0.2) is 4.98 Å². The molecule has 0 saturated heterocycles. The molecule has 0 radical (unpaired) electrons. The van der Waals surface area contributed by atoms with Crippen molar-refractivity contribution in [3.8, 4) is 0 Å². The van der Waals surface area contributed by atoms with Gasteiger partial charge in [0.25, 0.3) is 5.91 Å². The van der Waals surface area contributed by atoms with Gasteiger partial charge < -0.3 is 10.6 Å². The molecule has 1 heterocycles. The van der Waals surface area contributed by atoms with Crippen molar-refractivity contribution in [2.24, 2.45) is 0 Å². The molecule has 0 aliphatic carbocycles. The van der Waals surface area contributed by atoms with Gasteiger partial charge in [-0.05, 0) is 36.4 Å². The molecular formula is C14H12ClN3O2. The number of rotatable bonds is 3. The Bertz CT molecular complexity index is 641. The van der Waals surface area contributed by atoms with Crippen LogP contribution in [0.5, 0.6) is 0 Å². The number of anilines is 2. The zero-order valence-corrected chi connectivity index (χ0v) is 11.4. The Balaban J connectivity index is 2.09. The number of hydrogen-bond donors (Lipinski definition) is 2. The maximum Gasteiger partial charge on any atom is 0.258 e. The van der Waals surface area contributed by atoms with Crippen molar-refractivity contribution in [1.82, 2.24) is 4.98 Å². The van der Waals surface area contributed by atoms with Crippen LogP contribution in [0.4, 0.5) is 11.4 Å². The molecule has 5 nitrogen and oxygen atoms in total. The van der Waals surface area contributed by atoms with Crippen LogP contribution < -0.4 is 10.6 Å². The molecule has 0 aliphatic rings. The lowest BCUT2D eigenvalue weighted by atomic mass is 10.2. The highest BCUT2D eigenvalue weighted by atomic mass is 35.5. The fourth-order valence-corrected chi connectivity index (χ4v) is 1.80. The van der Waals surface area contributed by atoms with Crippen molar-refractivity contribution in [1.29, 1.82) is 0 Å². The van der Waals surface area contributed by atoms with E-state index in [1.807, 2.05) is 0 Å². The number of aromatic nitrogens is 1. The highest BCUT2D eigenvalue weighted by Gasteiger charge is 2.10. The minimum atomic E-state index is -0.338. The number of nitrogens with zero attached hydrogens (tertiary/aromatic N) is 1. The van der Waals surface area contributed by atoms with Gasteiger partial charge in [-0.2, -0.15) is 0 Å². The van der Waals surface area contributed by atoms with Crippen molar-refractivity contribution in [3.05, 3.63) is 53.3 Å². The Morgan fingerprint density at radius 1 is 1.05 bits per heavy atom. The van der Waals surface area contributed by atoms with E-state index < -0.39 is 0 Å². The van der Waals surface area contributed by atoms with Crippen molar-refractivity contribution < 1.29 is 9.59 Å². The van der Waals surface area contributed by atoms with Gasteiger partial charge in [-0.3, -0.25) is 9.59 Å². The van der Waals surface area contributed by atoms with Gasteiger partial charge in [0.05, 0.1) is 5.56 Å². The van der Waals surface area contributed by atoms with E-state index in [4.69, 9.17) is 11.6 Å². The number of amides is 2. The van der Waals surface area contributed by atoms with E-state index >= 15 is 0 Å². The van der Waals surface area contributed by atoms with Gasteiger partial charge in [-0.15, -0.1) is 0 Å². The molecular weight excluding hydrogens is 278 g/mol. The topological polar surface area (TPSA) is 71.1 Å². The normalized spacial score (nSPS) is 9.90. The average molecular weight is 290 g/mol. The van der Waals surface area contributed by atoms with Gasteiger partial charge in [0.2, 0.25) is 5.91 Å². The lowest BCUT2D eigenvalue weighted by Gasteiger charge is -2.07. The minimum absolute atomic E-state index is 0.149. The van der Waals surface area contributed by atoms with E-state index in [-0.39, 0.29) is 17.0 Å². The molecule has 6 heteroatoms. The molecule has 2 rings (SSSR count). The SMILES string of the molecule is CC(=O)Nc1ccc(NC(=O)c2cccnc2Cl)cc1. The van der Waals surface area contributed by atoms with Crippen LogP contribution in [0.15, 0.2) is 42.6 Å². The van der Waals surface area contributed by atoms with Crippen LogP contribution in [0.2, 0.25) is 5.15 Å². The molecule has 0 spiro atoms. The standard InChI is InChI=1S/C14H12ClN3O2/c1-9(19)17-10-4-6-11(7-5-10)18-14(20)12-3-2-8-16-13(12)15/h2-8H,1H3,(H,17,19)(H,18,20). The summed E-state index contributed by atoms with van der Waals surface area (Å²) in [5.41, 5.74) is 1.57. The molecule has 2 aromatic rings. The molecule has 2 amide bonds. The molecule has 1 aromatic heterocycles. The summed E-state index contributed by atoms with van der Waals surface area (Å²) >= 11 is 5.85. The summed E-state index contributed by atoms with van der Waals surface area (Å²) in [7, 11) is 0. The van der Waals surface area contributed by atoms with Crippen LogP contribution in [-0.4, -0.2) is 16.8 Å². The minimum Gasteiger partial charge on any atom is -0.326 e. The van der Waals surface area contributed by atoms with Gasteiger partial charge in [0.15, 0.2) is 0 Å². The Hall–Kier alpha value is -2.40. The maximum atomic E-state index is 12.0. The molecule has 0 fully saturated rings. The summed E-state index contributed by atoms with van der Waals surface area (Å²) in [6, 6.07) is 10.0. The second-order valence-corrected chi connectivity index (χ2v) is 4.41. The fraction of sp³-hybridized carbons (Fsp3) is 0.0714. The molecule has 20 heavy (non-hydrogen) atoms. The molecule has 1 aromatic carbocycles. The van der Waals surface area contributed by atoms with Crippen LogP contribution in [-0.2, 0) is 4.79 Å². The number of pyridine rings is 1. The van der Waals surface area contributed by atoms with Crippen LogP contribution >= 0.6 is 11.6 Å². The van der Waals surface area contributed by atoms with Crippen molar-refractivity contribution in [3.63, 3.8) is 0 Å². The van der Waals surface area contributed by atoms with Crippen LogP contribution in [0.1, 0.15) is 17.3 Å². The molecule has 0 atom stereocenters. The molecule has 0 aliphatic heterocycles. The third-order valence-electron chi connectivity index (χ3n) is 2.47. The summed E-state index contributed by atoms with van der Waals surface area (Å²) in [5.74, 6) is -0.487. The largest absolute Gasteiger partial charge is 0.326 e. The number of benzene rings is 1. The molecule has 102 valence electrons. The highest BCUT2D eigenvalue weighted by Crippen LogP contribution is 2.17. The van der Waals surface area contributed by atoms with E-state index in [2.05, 4.69) is 15.6 Å². The quantitative estimate of drug-likeness (QED) is 0.853. The predicted molar refractivity (Wildman–Crippen MR) is 77.9 cm³/mol. The first-order valence-electron chi connectivity index (χ1n) is 5.86. The summed E-state index contributed by atoms with van der Waals surface area (Å²) in [6.45, 7) is 1.43. The first kappa shape index (κ1) is 14.0. The summed E-state index contributed by atoms with van der Waals surface area (Å²) in [5, 5.41) is 5.50. The smallest absolute Gasteiger partial charge is 0.258 e. The number of hydrogen-bond acceptors (Lipinski definition) is 3. The number of carbonyl (C=O) groups excluding carboxylic acids is 2. The van der Waals surface area contributed by atoms with Crippen LogP contribution in [0.25, 0.3) is 0 Å². The number of nitrogens with one attached hydrogen (secondary N) is 2. The Kier molecular flexibility index (Phi) is 4.32. The Morgan fingerprint density at radius 2 is 1.65 bits per heavy atom. The average Bonchev–Trinajstić information content (AvgIpc) is 2.41. The first-order valence-corrected chi connectivity index (χ1v) is 6.23. The number of halogens is 1. The third kappa shape index (κ3) is 3.55. The van der Waals surface area contributed by atoms with Gasteiger partial charge >= 0.3 is 0 Å². The van der Waals surface area contributed by atoms with E-state index in [1.54, 1.807) is 36.4 Å². The summed E-state index contributed by atoms with van der Waals surface area (Å²) in [4.78, 5) is 26.7. The second-order valence-electron chi connectivity index (χ2n) is 4.05. The van der Waals surface area contributed by atoms with Gasteiger partial charge in [0, 0.05) is 24.5 Å². The second kappa shape index (κ2) is 6.16.